The first-order chi connectivity index (χ1) is 8.43. The van der Waals surface area contributed by atoms with E-state index < -0.39 is 10.0 Å². The average Bonchev–Trinajstić information content (AvgIpc) is 2.30. The molecule has 0 aromatic heterocycles. The van der Waals surface area contributed by atoms with Gasteiger partial charge in [-0.05, 0) is 19.4 Å². The third-order valence-electron chi connectivity index (χ3n) is 3.29. The lowest BCUT2D eigenvalue weighted by Gasteiger charge is -2.33. The zero-order valence-corrected chi connectivity index (χ0v) is 12.7. The SMILES string of the molecule is CCCS(=O)(=O)NC[C@@H](C)CN1CCN(C)CC1. The lowest BCUT2D eigenvalue weighted by molar-refractivity contribution is 0.139. The lowest BCUT2D eigenvalue weighted by Crippen LogP contribution is -2.47. The fraction of sp³-hybridized carbons (Fsp3) is 1.00. The van der Waals surface area contributed by atoms with E-state index in [4.69, 9.17) is 0 Å². The summed E-state index contributed by atoms with van der Waals surface area (Å²) in [6, 6.07) is 0. The normalized spacial score (nSPS) is 21.1. The van der Waals surface area contributed by atoms with E-state index in [1.165, 1.54) is 0 Å². The second-order valence-corrected chi connectivity index (χ2v) is 7.30. The van der Waals surface area contributed by atoms with Crippen molar-refractivity contribution in [2.45, 2.75) is 20.3 Å². The Morgan fingerprint density at radius 2 is 1.83 bits per heavy atom. The van der Waals surface area contributed by atoms with E-state index in [1.54, 1.807) is 0 Å². The molecule has 5 nitrogen and oxygen atoms in total. The summed E-state index contributed by atoms with van der Waals surface area (Å²) in [5, 5.41) is 0. The molecule has 0 spiro atoms. The number of hydrogen-bond donors (Lipinski definition) is 1. The zero-order chi connectivity index (χ0) is 13.6. The van der Waals surface area contributed by atoms with Gasteiger partial charge in [-0.2, -0.15) is 0 Å². The Balaban J connectivity index is 2.23. The standard InChI is InChI=1S/C12H27N3O2S/c1-4-9-18(16,17)13-10-12(2)11-15-7-5-14(3)6-8-15/h12-13H,4-11H2,1-3H3/t12-/m1/s1. The molecule has 1 heterocycles. The van der Waals surface area contributed by atoms with E-state index >= 15 is 0 Å². The Labute approximate surface area is 112 Å². The fourth-order valence-corrected chi connectivity index (χ4v) is 3.37. The minimum Gasteiger partial charge on any atom is -0.304 e. The first-order valence-electron chi connectivity index (χ1n) is 6.81. The molecule has 108 valence electrons. The maximum Gasteiger partial charge on any atom is 0.211 e. The highest BCUT2D eigenvalue weighted by atomic mass is 32.2. The molecule has 1 rings (SSSR count). The van der Waals surface area contributed by atoms with Gasteiger partial charge in [0.2, 0.25) is 10.0 Å². The molecule has 0 bridgehead atoms. The van der Waals surface area contributed by atoms with Gasteiger partial charge in [-0.1, -0.05) is 13.8 Å². The maximum atomic E-state index is 11.5. The molecule has 0 amide bonds. The van der Waals surface area contributed by atoms with Crippen LogP contribution in [-0.4, -0.2) is 70.3 Å². The predicted molar refractivity (Wildman–Crippen MR) is 75.2 cm³/mol. The van der Waals surface area contributed by atoms with Crippen LogP contribution in [0.15, 0.2) is 0 Å². The molecule has 0 aromatic rings. The smallest absolute Gasteiger partial charge is 0.211 e. The van der Waals surface area contributed by atoms with Crippen molar-refractivity contribution in [3.05, 3.63) is 0 Å². The maximum absolute atomic E-state index is 11.5. The van der Waals surface area contributed by atoms with E-state index in [0.717, 1.165) is 32.7 Å². The summed E-state index contributed by atoms with van der Waals surface area (Å²) in [6.45, 7) is 9.89. The van der Waals surface area contributed by atoms with E-state index in [2.05, 4.69) is 28.5 Å². The number of hydrogen-bond acceptors (Lipinski definition) is 4. The molecule has 6 heteroatoms. The van der Waals surface area contributed by atoms with Crippen LogP contribution >= 0.6 is 0 Å². The van der Waals surface area contributed by atoms with Crippen molar-refractivity contribution in [2.75, 3.05) is 52.1 Å². The summed E-state index contributed by atoms with van der Waals surface area (Å²) in [7, 11) is -0.915. The molecule has 1 fully saturated rings. The molecule has 18 heavy (non-hydrogen) atoms. The van der Waals surface area contributed by atoms with Gasteiger partial charge >= 0.3 is 0 Å². The van der Waals surface area contributed by atoms with Gasteiger partial charge in [-0.15, -0.1) is 0 Å². The lowest BCUT2D eigenvalue weighted by atomic mass is 10.1. The molecule has 0 aromatic carbocycles. The Morgan fingerprint density at radius 1 is 1.22 bits per heavy atom. The van der Waals surface area contributed by atoms with E-state index in [0.29, 0.717) is 18.9 Å². The van der Waals surface area contributed by atoms with Gasteiger partial charge in [0.1, 0.15) is 0 Å². The van der Waals surface area contributed by atoms with Crippen molar-refractivity contribution in [1.29, 1.82) is 0 Å². The largest absolute Gasteiger partial charge is 0.304 e. The molecular formula is C12H27N3O2S. The van der Waals surface area contributed by atoms with Crippen molar-refractivity contribution in [3.8, 4) is 0 Å². The molecule has 1 aliphatic rings. The van der Waals surface area contributed by atoms with Gasteiger partial charge in [-0.25, -0.2) is 13.1 Å². The minimum absolute atomic E-state index is 0.230. The molecular weight excluding hydrogens is 250 g/mol. The first-order valence-corrected chi connectivity index (χ1v) is 8.46. The third kappa shape index (κ3) is 6.13. The highest BCUT2D eigenvalue weighted by molar-refractivity contribution is 7.89. The molecule has 0 radical (unpaired) electrons. The summed E-state index contributed by atoms with van der Waals surface area (Å²) in [4.78, 5) is 4.74. The number of likely N-dealkylation sites (N-methyl/N-ethyl adjacent to an activating group) is 1. The summed E-state index contributed by atoms with van der Waals surface area (Å²) in [6.07, 6.45) is 0.669. The molecule has 0 aliphatic carbocycles. The van der Waals surface area contributed by atoms with Crippen LogP contribution in [-0.2, 0) is 10.0 Å². The molecule has 1 saturated heterocycles. The monoisotopic (exact) mass is 277 g/mol. The molecule has 1 N–H and O–H groups in total. The highest BCUT2D eigenvalue weighted by Crippen LogP contribution is 2.04. The van der Waals surface area contributed by atoms with Crippen LogP contribution in [0.4, 0.5) is 0 Å². The summed E-state index contributed by atoms with van der Waals surface area (Å²) in [5.41, 5.74) is 0. The van der Waals surface area contributed by atoms with Crippen LogP contribution in [0.2, 0.25) is 0 Å². The van der Waals surface area contributed by atoms with Crippen LogP contribution in [0.5, 0.6) is 0 Å². The van der Waals surface area contributed by atoms with Crippen LogP contribution in [0.3, 0.4) is 0 Å². The molecule has 1 aliphatic heterocycles. The van der Waals surface area contributed by atoms with Crippen LogP contribution in [0.1, 0.15) is 20.3 Å². The van der Waals surface area contributed by atoms with Gasteiger partial charge in [0, 0.05) is 39.3 Å². The van der Waals surface area contributed by atoms with Gasteiger partial charge in [0.05, 0.1) is 5.75 Å². The van der Waals surface area contributed by atoms with Crippen molar-refractivity contribution < 1.29 is 8.42 Å². The predicted octanol–water partition coefficient (Wildman–Crippen LogP) is 0.199. The van der Waals surface area contributed by atoms with E-state index in [1.807, 2.05) is 6.92 Å². The zero-order valence-electron chi connectivity index (χ0n) is 11.9. The fourth-order valence-electron chi connectivity index (χ4n) is 2.15. The number of nitrogens with one attached hydrogen (secondary N) is 1. The second kappa shape index (κ2) is 7.43. The van der Waals surface area contributed by atoms with Gasteiger partial charge in [0.15, 0.2) is 0 Å². The summed E-state index contributed by atoms with van der Waals surface area (Å²) >= 11 is 0. The van der Waals surface area contributed by atoms with E-state index in [9.17, 15) is 8.42 Å². The van der Waals surface area contributed by atoms with Crippen molar-refractivity contribution in [1.82, 2.24) is 14.5 Å². The van der Waals surface area contributed by atoms with Crippen molar-refractivity contribution in [3.63, 3.8) is 0 Å². The Bertz CT molecular complexity index is 324. The van der Waals surface area contributed by atoms with Gasteiger partial charge in [0.25, 0.3) is 0 Å². The van der Waals surface area contributed by atoms with Crippen LogP contribution in [0, 0.1) is 5.92 Å². The number of nitrogens with zero attached hydrogens (tertiary/aromatic N) is 2. The average molecular weight is 277 g/mol. The second-order valence-electron chi connectivity index (χ2n) is 5.38. The highest BCUT2D eigenvalue weighted by Gasteiger charge is 2.17. The minimum atomic E-state index is -3.05. The van der Waals surface area contributed by atoms with Crippen LogP contribution in [0.25, 0.3) is 0 Å². The number of sulfonamides is 1. The summed E-state index contributed by atoms with van der Waals surface area (Å²) in [5.74, 6) is 0.592. The topological polar surface area (TPSA) is 52.7 Å². The molecule has 1 atom stereocenters. The molecule has 0 saturated carbocycles. The number of piperazine rings is 1. The Morgan fingerprint density at radius 3 is 2.39 bits per heavy atom. The first kappa shape index (κ1) is 15.9. The van der Waals surface area contributed by atoms with Crippen LogP contribution < -0.4 is 4.72 Å². The number of rotatable bonds is 7. The Kier molecular flexibility index (Phi) is 6.55. The Hall–Kier alpha value is -0.170. The summed E-state index contributed by atoms with van der Waals surface area (Å²) < 4.78 is 25.8. The third-order valence-corrected chi connectivity index (χ3v) is 4.84. The molecule has 0 unspecified atom stereocenters. The van der Waals surface area contributed by atoms with Crippen molar-refractivity contribution >= 4 is 10.0 Å². The quantitative estimate of drug-likeness (QED) is 0.722. The van der Waals surface area contributed by atoms with E-state index in [-0.39, 0.29) is 5.75 Å². The van der Waals surface area contributed by atoms with Crippen molar-refractivity contribution in [2.24, 2.45) is 5.92 Å². The van der Waals surface area contributed by atoms with Gasteiger partial charge in [-0.3, -0.25) is 0 Å². The van der Waals surface area contributed by atoms with Gasteiger partial charge < -0.3 is 9.80 Å².